The molecule has 0 aliphatic rings. The van der Waals surface area contributed by atoms with E-state index in [4.69, 9.17) is 5.11 Å². The highest BCUT2D eigenvalue weighted by molar-refractivity contribution is 5.94. The van der Waals surface area contributed by atoms with E-state index >= 15 is 0 Å². The van der Waals surface area contributed by atoms with Crippen LogP contribution in [-0.4, -0.2) is 16.6 Å². The molecule has 2 aromatic rings. The summed E-state index contributed by atoms with van der Waals surface area (Å²) < 4.78 is 0. The second-order valence-corrected chi connectivity index (χ2v) is 2.87. The molecule has 3 nitrogen and oxygen atoms in total. The topological polar surface area (TPSA) is 68.8 Å². The summed E-state index contributed by atoms with van der Waals surface area (Å²) in [5, 5.41) is 10.8. The summed E-state index contributed by atoms with van der Waals surface area (Å²) in [6.45, 7) is 0. The Morgan fingerprint density at radius 1 is 1.00 bits per heavy atom. The van der Waals surface area contributed by atoms with Gasteiger partial charge in [0.15, 0.2) is 0 Å². The summed E-state index contributed by atoms with van der Waals surface area (Å²) in [5.41, 5.74) is 0.332. The Morgan fingerprint density at radius 3 is 2.29 bits per heavy atom. The summed E-state index contributed by atoms with van der Waals surface area (Å²) in [7, 11) is 0. The molecule has 0 spiro atoms. The number of aromatic carboxylic acids is 1. The maximum Gasteiger partial charge on any atom is 0.335 e. The van der Waals surface area contributed by atoms with E-state index in [1.807, 2.05) is 30.3 Å². The van der Waals surface area contributed by atoms with Crippen LogP contribution in [0.2, 0.25) is 0 Å². The first-order chi connectivity index (χ1) is 6.27. The fourth-order valence-corrected chi connectivity index (χ4v) is 1.32. The maximum atomic E-state index is 10.6. The maximum absolute atomic E-state index is 10.6. The van der Waals surface area contributed by atoms with Crippen molar-refractivity contribution in [3.8, 4) is 0 Å². The van der Waals surface area contributed by atoms with Crippen molar-refractivity contribution in [1.82, 2.24) is 0 Å². The predicted octanol–water partition coefficient (Wildman–Crippen LogP) is 1.71. The molecule has 3 heteroatoms. The van der Waals surface area contributed by atoms with Crippen LogP contribution in [0.3, 0.4) is 0 Å². The van der Waals surface area contributed by atoms with Crippen LogP contribution in [0.1, 0.15) is 10.4 Å². The Bertz CT molecular complexity index is 463. The Balaban J connectivity index is 0.000000980. The lowest BCUT2D eigenvalue weighted by atomic mass is 10.1. The SMILES string of the molecule is O.O=C(O)c1ccc2ccccc2c1. The number of carboxylic acid groups (broad SMARTS) is 1. The Morgan fingerprint density at radius 2 is 1.64 bits per heavy atom. The average molecular weight is 190 g/mol. The van der Waals surface area contributed by atoms with Crippen molar-refractivity contribution < 1.29 is 15.4 Å². The molecule has 0 aliphatic heterocycles. The van der Waals surface area contributed by atoms with Gasteiger partial charge in [0.05, 0.1) is 5.56 Å². The standard InChI is InChI=1S/C11H8O2.H2O/c12-11(13)10-6-5-8-3-1-2-4-9(8)7-10;/h1-7H,(H,12,13);1H2. The second-order valence-electron chi connectivity index (χ2n) is 2.87. The molecule has 0 heterocycles. The monoisotopic (exact) mass is 190 g/mol. The van der Waals surface area contributed by atoms with Gasteiger partial charge in [0.25, 0.3) is 0 Å². The third-order valence-corrected chi connectivity index (χ3v) is 2.00. The van der Waals surface area contributed by atoms with Crippen LogP contribution in [0.25, 0.3) is 10.8 Å². The number of rotatable bonds is 1. The van der Waals surface area contributed by atoms with Gasteiger partial charge in [-0.2, -0.15) is 0 Å². The van der Waals surface area contributed by atoms with Crippen LogP contribution in [0.15, 0.2) is 42.5 Å². The van der Waals surface area contributed by atoms with Gasteiger partial charge in [0.1, 0.15) is 0 Å². The third-order valence-electron chi connectivity index (χ3n) is 2.00. The Hall–Kier alpha value is -1.87. The highest BCUT2D eigenvalue weighted by Crippen LogP contribution is 2.15. The Labute approximate surface area is 80.9 Å². The fourth-order valence-electron chi connectivity index (χ4n) is 1.32. The lowest BCUT2D eigenvalue weighted by Gasteiger charge is -1.98. The van der Waals surface area contributed by atoms with Crippen molar-refractivity contribution in [1.29, 1.82) is 0 Å². The predicted molar refractivity (Wildman–Crippen MR) is 54.5 cm³/mol. The van der Waals surface area contributed by atoms with Gasteiger partial charge >= 0.3 is 5.97 Å². The van der Waals surface area contributed by atoms with Gasteiger partial charge in [-0.15, -0.1) is 0 Å². The van der Waals surface area contributed by atoms with E-state index in [2.05, 4.69) is 0 Å². The number of benzene rings is 2. The van der Waals surface area contributed by atoms with Gasteiger partial charge in [0, 0.05) is 0 Å². The second kappa shape index (κ2) is 3.89. The van der Waals surface area contributed by atoms with Gasteiger partial charge in [-0.1, -0.05) is 30.3 Å². The molecule has 3 N–H and O–H groups in total. The molecule has 14 heavy (non-hydrogen) atoms. The van der Waals surface area contributed by atoms with Gasteiger partial charge < -0.3 is 10.6 Å². The van der Waals surface area contributed by atoms with Crippen LogP contribution in [0, 0.1) is 0 Å². The number of carbonyl (C=O) groups is 1. The van der Waals surface area contributed by atoms with Gasteiger partial charge in [-0.05, 0) is 22.9 Å². The zero-order valence-corrected chi connectivity index (χ0v) is 7.40. The molecule has 0 saturated carbocycles. The zero-order valence-electron chi connectivity index (χ0n) is 7.40. The molecular formula is C11H10O3. The first-order valence-corrected chi connectivity index (χ1v) is 3.99. The van der Waals surface area contributed by atoms with E-state index in [1.165, 1.54) is 0 Å². The molecule has 0 aliphatic carbocycles. The first-order valence-electron chi connectivity index (χ1n) is 3.99. The third kappa shape index (κ3) is 1.72. The smallest absolute Gasteiger partial charge is 0.335 e. The normalized spacial score (nSPS) is 9.43. The Kier molecular flexibility index (Phi) is 2.84. The van der Waals surface area contributed by atoms with Crippen molar-refractivity contribution in [2.24, 2.45) is 0 Å². The molecule has 0 amide bonds. The number of hydrogen-bond acceptors (Lipinski definition) is 1. The summed E-state index contributed by atoms with van der Waals surface area (Å²) in [5.74, 6) is -0.884. The average Bonchev–Trinajstić information content (AvgIpc) is 2.17. The molecule has 2 aromatic carbocycles. The summed E-state index contributed by atoms with van der Waals surface area (Å²) in [6, 6.07) is 12.8. The van der Waals surface area contributed by atoms with Crippen molar-refractivity contribution in [2.75, 3.05) is 0 Å². The van der Waals surface area contributed by atoms with Crippen LogP contribution >= 0.6 is 0 Å². The van der Waals surface area contributed by atoms with Gasteiger partial charge in [-0.25, -0.2) is 4.79 Å². The van der Waals surface area contributed by atoms with Gasteiger partial charge in [0.2, 0.25) is 0 Å². The van der Waals surface area contributed by atoms with Gasteiger partial charge in [-0.3, -0.25) is 0 Å². The molecule has 0 aromatic heterocycles. The minimum atomic E-state index is -0.884. The summed E-state index contributed by atoms with van der Waals surface area (Å²) in [6.07, 6.45) is 0. The minimum absolute atomic E-state index is 0. The quantitative estimate of drug-likeness (QED) is 0.743. The van der Waals surface area contributed by atoms with Crippen LogP contribution in [0.5, 0.6) is 0 Å². The fraction of sp³-hybridized carbons (Fsp3) is 0. The van der Waals surface area contributed by atoms with Crippen molar-refractivity contribution in [3.63, 3.8) is 0 Å². The number of carboxylic acids is 1. The molecule has 2 rings (SSSR count). The molecule has 0 fully saturated rings. The van der Waals surface area contributed by atoms with Crippen LogP contribution < -0.4 is 0 Å². The largest absolute Gasteiger partial charge is 0.478 e. The highest BCUT2D eigenvalue weighted by atomic mass is 16.4. The van der Waals surface area contributed by atoms with E-state index in [-0.39, 0.29) is 5.48 Å². The lowest BCUT2D eigenvalue weighted by molar-refractivity contribution is 0.0697. The molecule has 0 radical (unpaired) electrons. The molecule has 72 valence electrons. The molecule has 0 atom stereocenters. The van der Waals surface area contributed by atoms with E-state index < -0.39 is 5.97 Å². The molecule has 0 saturated heterocycles. The highest BCUT2D eigenvalue weighted by Gasteiger charge is 2.01. The molecule has 0 bridgehead atoms. The minimum Gasteiger partial charge on any atom is -0.478 e. The van der Waals surface area contributed by atoms with E-state index in [9.17, 15) is 4.79 Å². The lowest BCUT2D eigenvalue weighted by Crippen LogP contribution is -1.94. The van der Waals surface area contributed by atoms with Crippen LogP contribution in [-0.2, 0) is 0 Å². The zero-order chi connectivity index (χ0) is 9.26. The molecule has 0 unspecified atom stereocenters. The van der Waals surface area contributed by atoms with Crippen LogP contribution in [0.4, 0.5) is 0 Å². The molecular weight excluding hydrogens is 180 g/mol. The summed E-state index contributed by atoms with van der Waals surface area (Å²) >= 11 is 0. The first kappa shape index (κ1) is 10.2. The summed E-state index contributed by atoms with van der Waals surface area (Å²) in [4.78, 5) is 10.6. The number of fused-ring (bicyclic) bond motifs is 1. The van der Waals surface area contributed by atoms with E-state index in [0.717, 1.165) is 10.8 Å². The van der Waals surface area contributed by atoms with E-state index in [0.29, 0.717) is 5.56 Å². The van der Waals surface area contributed by atoms with Crippen molar-refractivity contribution >= 4 is 16.7 Å². The number of hydrogen-bond donors (Lipinski definition) is 1. The van der Waals surface area contributed by atoms with E-state index in [1.54, 1.807) is 12.1 Å². The van der Waals surface area contributed by atoms with Crippen molar-refractivity contribution in [3.05, 3.63) is 48.0 Å². The van der Waals surface area contributed by atoms with Crippen molar-refractivity contribution in [2.45, 2.75) is 0 Å².